The molecular formula is C22H20N4O5S. The van der Waals surface area contributed by atoms with E-state index >= 15 is 0 Å². The standard InChI is InChI=1S/C22H20N4O5S/c1-3-12-25(32(30,31)19-10-6-17(7-11-19)24-15(2)27)20-13-21(28)26(22(20)29)18-8-4-16(14-23)5-9-18/h3-11,20H,1,12-13H2,2H3,(H,24,27). The molecule has 1 unspecified atom stereocenters. The molecule has 0 bridgehead atoms. The van der Waals surface area contributed by atoms with Crippen molar-refractivity contribution in [2.45, 2.75) is 24.3 Å². The molecule has 32 heavy (non-hydrogen) atoms. The number of hydrogen-bond acceptors (Lipinski definition) is 6. The highest BCUT2D eigenvalue weighted by atomic mass is 32.2. The third-order valence-corrected chi connectivity index (χ3v) is 6.70. The van der Waals surface area contributed by atoms with Crippen molar-refractivity contribution in [1.82, 2.24) is 4.31 Å². The molecule has 1 saturated heterocycles. The van der Waals surface area contributed by atoms with Crippen LogP contribution in [-0.2, 0) is 24.4 Å². The summed E-state index contributed by atoms with van der Waals surface area (Å²) in [5.41, 5.74) is 1.05. The second kappa shape index (κ2) is 9.13. The summed E-state index contributed by atoms with van der Waals surface area (Å²) < 4.78 is 27.5. The van der Waals surface area contributed by atoms with Crippen molar-refractivity contribution in [3.63, 3.8) is 0 Å². The highest BCUT2D eigenvalue weighted by molar-refractivity contribution is 7.89. The Balaban J connectivity index is 1.92. The van der Waals surface area contributed by atoms with E-state index in [1.807, 2.05) is 6.07 Å². The number of nitriles is 1. The summed E-state index contributed by atoms with van der Waals surface area (Å²) in [5, 5.41) is 11.5. The molecule has 3 amide bonds. The van der Waals surface area contributed by atoms with Crippen molar-refractivity contribution in [2.24, 2.45) is 0 Å². The largest absolute Gasteiger partial charge is 0.326 e. The average molecular weight is 452 g/mol. The van der Waals surface area contributed by atoms with Crippen LogP contribution in [0.3, 0.4) is 0 Å². The van der Waals surface area contributed by atoms with E-state index in [-0.39, 0.29) is 29.5 Å². The molecule has 1 fully saturated rings. The number of imide groups is 1. The number of rotatable bonds is 7. The van der Waals surface area contributed by atoms with Gasteiger partial charge in [-0.05, 0) is 48.5 Å². The zero-order valence-corrected chi connectivity index (χ0v) is 18.0. The van der Waals surface area contributed by atoms with Crippen LogP contribution in [0.15, 0.2) is 66.1 Å². The van der Waals surface area contributed by atoms with Crippen LogP contribution in [0, 0.1) is 11.3 Å². The molecular weight excluding hydrogens is 432 g/mol. The maximum atomic E-state index is 13.3. The van der Waals surface area contributed by atoms with E-state index in [4.69, 9.17) is 5.26 Å². The minimum absolute atomic E-state index is 0.0921. The number of nitrogens with one attached hydrogen (secondary N) is 1. The lowest BCUT2D eigenvalue weighted by molar-refractivity contribution is -0.122. The lowest BCUT2D eigenvalue weighted by atomic mass is 10.2. The first-order valence-electron chi connectivity index (χ1n) is 9.56. The topological polar surface area (TPSA) is 128 Å². The Kier molecular flexibility index (Phi) is 6.53. The van der Waals surface area contributed by atoms with Gasteiger partial charge in [0.1, 0.15) is 6.04 Å². The van der Waals surface area contributed by atoms with Crippen molar-refractivity contribution >= 4 is 39.1 Å². The minimum atomic E-state index is -4.16. The van der Waals surface area contributed by atoms with Crippen LogP contribution in [-0.4, -0.2) is 43.0 Å². The van der Waals surface area contributed by atoms with Crippen LogP contribution < -0.4 is 10.2 Å². The fraction of sp³-hybridized carbons (Fsp3) is 0.182. The number of anilines is 2. The first-order chi connectivity index (χ1) is 15.2. The predicted molar refractivity (Wildman–Crippen MR) is 117 cm³/mol. The molecule has 10 heteroatoms. The van der Waals surface area contributed by atoms with E-state index in [0.717, 1.165) is 9.21 Å². The molecule has 2 aromatic carbocycles. The number of sulfonamides is 1. The van der Waals surface area contributed by atoms with E-state index in [1.54, 1.807) is 0 Å². The average Bonchev–Trinajstić information content (AvgIpc) is 3.05. The monoisotopic (exact) mass is 452 g/mol. The molecule has 2 aromatic rings. The van der Waals surface area contributed by atoms with Gasteiger partial charge in [-0.2, -0.15) is 9.57 Å². The summed E-state index contributed by atoms with van der Waals surface area (Å²) in [6.07, 6.45) is 1.02. The van der Waals surface area contributed by atoms with Crippen LogP contribution in [0.1, 0.15) is 18.9 Å². The number of carbonyl (C=O) groups excluding carboxylic acids is 3. The van der Waals surface area contributed by atoms with Gasteiger partial charge in [-0.1, -0.05) is 6.08 Å². The SMILES string of the molecule is C=CCN(C1CC(=O)N(c2ccc(C#N)cc2)C1=O)S(=O)(=O)c1ccc(NC(C)=O)cc1. The first kappa shape index (κ1) is 22.9. The predicted octanol–water partition coefficient (Wildman–Crippen LogP) is 2.03. The van der Waals surface area contributed by atoms with Gasteiger partial charge in [-0.3, -0.25) is 14.4 Å². The Labute approximate surface area is 185 Å². The number of benzene rings is 2. The summed E-state index contributed by atoms with van der Waals surface area (Å²) in [6, 6.07) is 12.1. The van der Waals surface area contributed by atoms with Crippen LogP contribution in [0.5, 0.6) is 0 Å². The molecule has 0 aromatic heterocycles. The molecule has 3 rings (SSSR count). The lowest BCUT2D eigenvalue weighted by Crippen LogP contribution is -2.45. The molecule has 1 N–H and O–H groups in total. The van der Waals surface area contributed by atoms with Crippen LogP contribution in [0.25, 0.3) is 0 Å². The first-order valence-corrected chi connectivity index (χ1v) is 11.0. The van der Waals surface area contributed by atoms with Gasteiger partial charge in [0.05, 0.1) is 28.6 Å². The Morgan fingerprint density at radius 2 is 1.84 bits per heavy atom. The Bertz CT molecular complexity index is 1210. The van der Waals surface area contributed by atoms with Crippen molar-refractivity contribution in [3.05, 3.63) is 66.7 Å². The summed E-state index contributed by atoms with van der Waals surface area (Å²) in [7, 11) is -4.16. The molecule has 0 radical (unpaired) electrons. The smallest absolute Gasteiger partial charge is 0.252 e. The number of amides is 3. The van der Waals surface area contributed by atoms with Gasteiger partial charge >= 0.3 is 0 Å². The molecule has 164 valence electrons. The summed E-state index contributed by atoms with van der Waals surface area (Å²) >= 11 is 0. The van der Waals surface area contributed by atoms with Crippen molar-refractivity contribution in [1.29, 1.82) is 5.26 Å². The molecule has 1 aliphatic heterocycles. The van der Waals surface area contributed by atoms with Gasteiger partial charge in [0.2, 0.25) is 21.8 Å². The molecule has 1 heterocycles. The molecule has 9 nitrogen and oxygen atoms in total. The van der Waals surface area contributed by atoms with Crippen molar-refractivity contribution in [3.8, 4) is 6.07 Å². The highest BCUT2D eigenvalue weighted by Crippen LogP contribution is 2.29. The van der Waals surface area contributed by atoms with Crippen LogP contribution in [0.4, 0.5) is 11.4 Å². The maximum Gasteiger partial charge on any atom is 0.252 e. The summed E-state index contributed by atoms with van der Waals surface area (Å²) in [6.45, 7) is 4.72. The van der Waals surface area contributed by atoms with Crippen LogP contribution >= 0.6 is 0 Å². The molecule has 0 saturated carbocycles. The second-order valence-electron chi connectivity index (χ2n) is 7.01. The summed E-state index contributed by atoms with van der Waals surface area (Å²) in [4.78, 5) is 37.7. The molecule has 0 spiro atoms. The van der Waals surface area contributed by atoms with E-state index in [0.29, 0.717) is 11.3 Å². The minimum Gasteiger partial charge on any atom is -0.326 e. The lowest BCUT2D eigenvalue weighted by Gasteiger charge is -2.25. The number of nitrogens with zero attached hydrogens (tertiary/aromatic N) is 3. The molecule has 1 atom stereocenters. The number of carbonyl (C=O) groups is 3. The van der Waals surface area contributed by atoms with E-state index < -0.39 is 27.9 Å². The van der Waals surface area contributed by atoms with Gasteiger partial charge in [0.15, 0.2) is 0 Å². The van der Waals surface area contributed by atoms with Gasteiger partial charge in [0.25, 0.3) is 5.91 Å². The fourth-order valence-electron chi connectivity index (χ4n) is 3.37. The fourth-order valence-corrected chi connectivity index (χ4v) is 4.92. The van der Waals surface area contributed by atoms with Gasteiger partial charge in [-0.15, -0.1) is 6.58 Å². The van der Waals surface area contributed by atoms with Crippen molar-refractivity contribution in [2.75, 3.05) is 16.8 Å². The second-order valence-corrected chi connectivity index (χ2v) is 8.91. The zero-order valence-electron chi connectivity index (χ0n) is 17.2. The zero-order chi connectivity index (χ0) is 23.5. The van der Waals surface area contributed by atoms with Gasteiger partial charge in [-0.25, -0.2) is 13.3 Å². The van der Waals surface area contributed by atoms with E-state index in [1.165, 1.54) is 61.5 Å². The van der Waals surface area contributed by atoms with E-state index in [9.17, 15) is 22.8 Å². The quantitative estimate of drug-likeness (QED) is 0.506. The third kappa shape index (κ3) is 4.44. The third-order valence-electron chi connectivity index (χ3n) is 4.82. The molecule has 0 aliphatic carbocycles. The number of hydrogen-bond donors (Lipinski definition) is 1. The maximum absolute atomic E-state index is 13.3. The normalized spacial score (nSPS) is 16.2. The van der Waals surface area contributed by atoms with E-state index in [2.05, 4.69) is 11.9 Å². The Morgan fingerprint density at radius 3 is 2.38 bits per heavy atom. The highest BCUT2D eigenvalue weighted by Gasteiger charge is 2.46. The van der Waals surface area contributed by atoms with Gasteiger partial charge < -0.3 is 5.32 Å². The Hall–Kier alpha value is -3.81. The summed E-state index contributed by atoms with van der Waals surface area (Å²) in [5.74, 6) is -1.53. The van der Waals surface area contributed by atoms with Crippen molar-refractivity contribution < 1.29 is 22.8 Å². The van der Waals surface area contributed by atoms with Crippen LogP contribution in [0.2, 0.25) is 0 Å². The molecule has 1 aliphatic rings. The Morgan fingerprint density at radius 1 is 1.22 bits per heavy atom. The van der Waals surface area contributed by atoms with Gasteiger partial charge in [0, 0.05) is 19.2 Å².